The number of rotatable bonds is 4. The first-order valence-corrected chi connectivity index (χ1v) is 7.01. The fourth-order valence-corrected chi connectivity index (χ4v) is 2.30. The van der Waals surface area contributed by atoms with Crippen LogP contribution in [0.1, 0.15) is 29.0 Å². The first-order valence-electron chi connectivity index (χ1n) is 7.01. The molecule has 2 aromatic rings. The lowest BCUT2D eigenvalue weighted by molar-refractivity contribution is -0.117. The van der Waals surface area contributed by atoms with E-state index in [4.69, 9.17) is 4.42 Å². The van der Waals surface area contributed by atoms with Crippen LogP contribution in [0, 0.1) is 0 Å². The van der Waals surface area contributed by atoms with E-state index in [1.54, 1.807) is 41.3 Å². The van der Waals surface area contributed by atoms with Crippen LogP contribution < -0.4 is 10.3 Å². The Hall–Kier alpha value is -2.89. The average molecular weight is 297 g/mol. The number of hydrogen-bond donors (Lipinski definition) is 1. The largest absolute Gasteiger partial charge is 0.463 e. The zero-order valence-electron chi connectivity index (χ0n) is 11.9. The lowest BCUT2D eigenvalue weighted by atomic mass is 10.2. The maximum atomic E-state index is 11.9. The Kier molecular flexibility index (Phi) is 4.00. The number of furan rings is 1. The number of anilines is 1. The first-order chi connectivity index (χ1) is 10.7. The second kappa shape index (κ2) is 6.26. The molecule has 1 saturated heterocycles. The SMILES string of the molecule is O=C(N/N=C/c1ccco1)c1ccc(N2CCCC2=O)cc1. The van der Waals surface area contributed by atoms with Crippen LogP contribution in [0.15, 0.2) is 52.2 Å². The maximum Gasteiger partial charge on any atom is 0.271 e. The average Bonchev–Trinajstić information content (AvgIpc) is 3.19. The highest BCUT2D eigenvalue weighted by Gasteiger charge is 2.21. The van der Waals surface area contributed by atoms with Crippen LogP contribution in [-0.2, 0) is 4.79 Å². The summed E-state index contributed by atoms with van der Waals surface area (Å²) in [5.41, 5.74) is 3.72. The smallest absolute Gasteiger partial charge is 0.271 e. The number of carbonyl (C=O) groups excluding carboxylic acids is 2. The van der Waals surface area contributed by atoms with Crippen molar-refractivity contribution in [3.63, 3.8) is 0 Å². The third-order valence-corrected chi connectivity index (χ3v) is 3.42. The van der Waals surface area contributed by atoms with E-state index in [9.17, 15) is 9.59 Å². The molecule has 0 saturated carbocycles. The zero-order valence-corrected chi connectivity index (χ0v) is 11.9. The normalized spacial score (nSPS) is 14.7. The molecule has 1 aromatic heterocycles. The van der Waals surface area contributed by atoms with Crippen molar-refractivity contribution < 1.29 is 14.0 Å². The van der Waals surface area contributed by atoms with E-state index in [0.29, 0.717) is 17.7 Å². The van der Waals surface area contributed by atoms with Gasteiger partial charge in [-0.15, -0.1) is 0 Å². The minimum atomic E-state index is -0.317. The molecule has 1 aliphatic rings. The Morgan fingerprint density at radius 1 is 1.27 bits per heavy atom. The summed E-state index contributed by atoms with van der Waals surface area (Å²) >= 11 is 0. The highest BCUT2D eigenvalue weighted by atomic mass is 16.3. The van der Waals surface area contributed by atoms with E-state index >= 15 is 0 Å². The predicted octanol–water partition coefficient (Wildman–Crippen LogP) is 2.17. The van der Waals surface area contributed by atoms with Gasteiger partial charge in [-0.2, -0.15) is 5.10 Å². The molecule has 1 N–H and O–H groups in total. The Morgan fingerprint density at radius 2 is 2.09 bits per heavy atom. The van der Waals surface area contributed by atoms with Crippen molar-refractivity contribution in [3.8, 4) is 0 Å². The third-order valence-electron chi connectivity index (χ3n) is 3.42. The summed E-state index contributed by atoms with van der Waals surface area (Å²) in [6, 6.07) is 10.4. The standard InChI is InChI=1S/C16H15N3O3/c20-15-4-1-9-19(15)13-7-5-12(6-8-13)16(21)18-17-11-14-3-2-10-22-14/h2-3,5-8,10-11H,1,4,9H2,(H,18,21)/b17-11+. The summed E-state index contributed by atoms with van der Waals surface area (Å²) in [5.74, 6) is 0.366. The van der Waals surface area contributed by atoms with Gasteiger partial charge in [-0.1, -0.05) is 0 Å². The predicted molar refractivity (Wildman–Crippen MR) is 81.8 cm³/mol. The van der Waals surface area contributed by atoms with Gasteiger partial charge >= 0.3 is 0 Å². The quantitative estimate of drug-likeness (QED) is 0.694. The molecular weight excluding hydrogens is 282 g/mol. The molecule has 22 heavy (non-hydrogen) atoms. The number of nitrogens with one attached hydrogen (secondary N) is 1. The molecule has 0 atom stereocenters. The van der Waals surface area contributed by atoms with Gasteiger partial charge in [-0.05, 0) is 42.8 Å². The number of carbonyl (C=O) groups is 2. The van der Waals surface area contributed by atoms with E-state index < -0.39 is 0 Å². The van der Waals surface area contributed by atoms with E-state index in [2.05, 4.69) is 10.5 Å². The van der Waals surface area contributed by atoms with Crippen LogP contribution in [0.5, 0.6) is 0 Å². The molecule has 1 aromatic carbocycles. The van der Waals surface area contributed by atoms with Crippen LogP contribution >= 0.6 is 0 Å². The van der Waals surface area contributed by atoms with Gasteiger partial charge in [0.25, 0.3) is 5.91 Å². The number of amides is 2. The fourth-order valence-electron chi connectivity index (χ4n) is 2.30. The van der Waals surface area contributed by atoms with E-state index in [-0.39, 0.29) is 11.8 Å². The van der Waals surface area contributed by atoms with Crippen LogP contribution in [-0.4, -0.2) is 24.6 Å². The molecule has 0 aliphatic carbocycles. The molecule has 0 unspecified atom stereocenters. The van der Waals surface area contributed by atoms with Gasteiger partial charge in [0, 0.05) is 24.2 Å². The first kappa shape index (κ1) is 14.1. The summed E-state index contributed by atoms with van der Waals surface area (Å²) < 4.78 is 5.07. The Morgan fingerprint density at radius 3 is 2.73 bits per heavy atom. The molecule has 0 radical (unpaired) electrons. The van der Waals surface area contributed by atoms with E-state index in [1.165, 1.54) is 12.5 Å². The molecule has 6 heteroatoms. The monoisotopic (exact) mass is 297 g/mol. The van der Waals surface area contributed by atoms with E-state index in [1.807, 2.05) is 0 Å². The van der Waals surface area contributed by atoms with Crippen molar-refractivity contribution >= 4 is 23.7 Å². The molecule has 6 nitrogen and oxygen atoms in total. The minimum Gasteiger partial charge on any atom is -0.463 e. The molecule has 0 spiro atoms. The van der Waals surface area contributed by atoms with Crippen molar-refractivity contribution in [3.05, 3.63) is 54.0 Å². The fraction of sp³-hybridized carbons (Fsp3) is 0.188. The number of benzene rings is 1. The van der Waals surface area contributed by atoms with Crippen molar-refractivity contribution in [1.29, 1.82) is 0 Å². The zero-order chi connectivity index (χ0) is 15.4. The summed E-state index contributed by atoms with van der Waals surface area (Å²) in [6.45, 7) is 0.734. The number of hydrogen-bond acceptors (Lipinski definition) is 4. The third kappa shape index (κ3) is 3.06. The second-order valence-corrected chi connectivity index (χ2v) is 4.91. The Labute approximate surface area is 127 Å². The number of nitrogens with zero attached hydrogens (tertiary/aromatic N) is 2. The molecule has 0 bridgehead atoms. The Bertz CT molecular complexity index is 690. The van der Waals surface area contributed by atoms with Gasteiger partial charge in [0.15, 0.2) is 0 Å². The van der Waals surface area contributed by atoms with Gasteiger partial charge in [-0.3, -0.25) is 9.59 Å². The molecular formula is C16H15N3O3. The second-order valence-electron chi connectivity index (χ2n) is 4.91. The molecule has 3 rings (SSSR count). The summed E-state index contributed by atoms with van der Waals surface area (Å²) in [4.78, 5) is 25.3. The molecule has 2 amide bonds. The topological polar surface area (TPSA) is 74.9 Å². The Balaban J connectivity index is 1.62. The van der Waals surface area contributed by atoms with Crippen LogP contribution in [0.25, 0.3) is 0 Å². The molecule has 112 valence electrons. The molecule has 1 fully saturated rings. The van der Waals surface area contributed by atoms with Crippen molar-refractivity contribution in [2.24, 2.45) is 5.10 Å². The van der Waals surface area contributed by atoms with Crippen molar-refractivity contribution in [2.75, 3.05) is 11.4 Å². The van der Waals surface area contributed by atoms with Crippen LogP contribution in [0.4, 0.5) is 5.69 Å². The van der Waals surface area contributed by atoms with Crippen molar-refractivity contribution in [1.82, 2.24) is 5.43 Å². The maximum absolute atomic E-state index is 11.9. The van der Waals surface area contributed by atoms with Crippen LogP contribution in [0.3, 0.4) is 0 Å². The lowest BCUT2D eigenvalue weighted by Gasteiger charge is -2.15. The van der Waals surface area contributed by atoms with Gasteiger partial charge < -0.3 is 9.32 Å². The van der Waals surface area contributed by atoms with Gasteiger partial charge in [0.1, 0.15) is 5.76 Å². The minimum absolute atomic E-state index is 0.125. The molecule has 2 heterocycles. The lowest BCUT2D eigenvalue weighted by Crippen LogP contribution is -2.24. The number of hydrazone groups is 1. The van der Waals surface area contributed by atoms with Gasteiger partial charge in [-0.25, -0.2) is 5.43 Å². The highest BCUT2D eigenvalue weighted by molar-refractivity contribution is 5.97. The summed E-state index contributed by atoms with van der Waals surface area (Å²) in [6.07, 6.45) is 4.42. The van der Waals surface area contributed by atoms with Crippen molar-refractivity contribution in [2.45, 2.75) is 12.8 Å². The van der Waals surface area contributed by atoms with Gasteiger partial charge in [0.2, 0.25) is 5.91 Å². The van der Waals surface area contributed by atoms with Crippen LogP contribution in [0.2, 0.25) is 0 Å². The highest BCUT2D eigenvalue weighted by Crippen LogP contribution is 2.21. The van der Waals surface area contributed by atoms with Gasteiger partial charge in [0.05, 0.1) is 12.5 Å². The van der Waals surface area contributed by atoms with E-state index in [0.717, 1.165) is 18.7 Å². The summed E-state index contributed by atoms with van der Waals surface area (Å²) in [7, 11) is 0. The molecule has 1 aliphatic heterocycles. The summed E-state index contributed by atoms with van der Waals surface area (Å²) in [5, 5.41) is 3.82.